The van der Waals surface area contributed by atoms with Gasteiger partial charge in [-0.05, 0) is 47.9 Å². The van der Waals surface area contributed by atoms with Gasteiger partial charge in [0.05, 0.1) is 37.6 Å². The van der Waals surface area contributed by atoms with E-state index in [1.54, 1.807) is 0 Å². The maximum Gasteiger partial charge on any atom is 0.279 e. The number of amides is 2. The summed E-state index contributed by atoms with van der Waals surface area (Å²) in [4.78, 5) is 34.2. The molecule has 3 aromatic rings. The summed E-state index contributed by atoms with van der Waals surface area (Å²) in [6.45, 7) is -0.652. The lowest BCUT2D eigenvalue weighted by molar-refractivity contribution is -0.123. The minimum atomic E-state index is -1.88. The number of aliphatic hydroxyl groups is 9. The lowest BCUT2D eigenvalue weighted by Crippen LogP contribution is -2.53. The molecular weight excluding hydrogens is 804 g/mol. The predicted octanol–water partition coefficient (Wildman–Crippen LogP) is -1.42. The molecule has 0 radical (unpaired) electrons. The summed E-state index contributed by atoms with van der Waals surface area (Å²) < 4.78 is 0. The fourth-order valence-corrected chi connectivity index (χ4v) is 6.36. The van der Waals surface area contributed by atoms with E-state index in [-0.39, 0.29) is 66.8 Å². The second kappa shape index (κ2) is 24.8. The number of unbranched alkanes of at least 4 members (excludes halogenated alkanes) is 1. The molecule has 3 rings (SSSR count). The summed E-state index contributed by atoms with van der Waals surface area (Å²) in [6.07, 6.45) is -8.22. The zero-order valence-corrected chi connectivity index (χ0v) is 34.2. The first-order chi connectivity index (χ1) is 28.4. The fraction of sp³-hybridized carbons (Fsp3) is 0.525. The number of carbonyl (C=O) groups is 2. The van der Waals surface area contributed by atoms with Gasteiger partial charge < -0.3 is 68.1 Å². The molecule has 60 heavy (non-hydrogen) atoms. The summed E-state index contributed by atoms with van der Waals surface area (Å²) in [5, 5.41) is 103. The Morgan fingerprint density at radius 3 is 1.83 bits per heavy atom. The van der Waals surface area contributed by atoms with Crippen LogP contribution in [-0.4, -0.2) is 161 Å². The maximum atomic E-state index is 12.7. The van der Waals surface area contributed by atoms with Crippen molar-refractivity contribution in [3.63, 3.8) is 0 Å². The molecule has 0 bridgehead atoms. The first-order valence-corrected chi connectivity index (χ1v) is 20.0. The molecule has 0 saturated carbocycles. The van der Waals surface area contributed by atoms with Crippen molar-refractivity contribution in [3.05, 3.63) is 70.5 Å². The smallest absolute Gasteiger partial charge is 0.279 e. The highest BCUT2D eigenvalue weighted by Gasteiger charge is 2.33. The van der Waals surface area contributed by atoms with E-state index in [4.69, 9.17) is 33.6 Å². The average Bonchev–Trinajstić information content (AvgIpc) is 3.24. The van der Waals surface area contributed by atoms with Crippen molar-refractivity contribution in [1.82, 2.24) is 25.5 Å². The van der Waals surface area contributed by atoms with E-state index in [1.165, 1.54) is 11.8 Å². The number of aromatic nitrogens is 2. The van der Waals surface area contributed by atoms with Crippen LogP contribution < -0.4 is 22.1 Å². The fourth-order valence-electron chi connectivity index (χ4n) is 6.24. The Morgan fingerprint density at radius 1 is 0.733 bits per heavy atom. The number of nitrogens with zero attached hydrogens (tertiary/aromatic N) is 3. The van der Waals surface area contributed by atoms with Crippen LogP contribution >= 0.6 is 11.6 Å². The van der Waals surface area contributed by atoms with Crippen molar-refractivity contribution in [1.29, 1.82) is 5.41 Å². The number of halogens is 1. The number of amidine groups is 1. The van der Waals surface area contributed by atoms with Crippen LogP contribution in [0.2, 0.25) is 5.15 Å². The van der Waals surface area contributed by atoms with Crippen molar-refractivity contribution in [2.24, 2.45) is 5.92 Å². The molecule has 20 heteroatoms. The molecule has 0 unspecified atom stereocenters. The highest BCUT2D eigenvalue weighted by atomic mass is 35.5. The molecule has 16 N–H and O–H groups in total. The SMILES string of the molecule is C[C@@H]([C@H](O)[C@@H](O)CN(CCNC(=O)CCc1ccc(-c2ccc(CCCCC(=N)NC(=O)c3nc(Cl)c(N)nc3N)cc2)cc1)C[C@H](O)[C@@H](O)[C@H](O)[C@H](O)CO)[C@H](O)CO. The van der Waals surface area contributed by atoms with E-state index >= 15 is 0 Å². The second-order valence-corrected chi connectivity index (χ2v) is 15.1. The minimum Gasteiger partial charge on any atom is -0.394 e. The van der Waals surface area contributed by atoms with Crippen LogP contribution in [0, 0.1) is 11.3 Å². The summed E-state index contributed by atoms with van der Waals surface area (Å²) in [5.41, 5.74) is 15.1. The van der Waals surface area contributed by atoms with E-state index in [9.17, 15) is 50.4 Å². The van der Waals surface area contributed by atoms with Crippen LogP contribution in [0.4, 0.5) is 11.6 Å². The number of nitrogens with two attached hydrogens (primary N) is 2. The summed E-state index contributed by atoms with van der Waals surface area (Å²) in [6, 6.07) is 15.9. The maximum absolute atomic E-state index is 12.7. The van der Waals surface area contributed by atoms with Crippen molar-refractivity contribution in [2.75, 3.05) is 50.9 Å². The van der Waals surface area contributed by atoms with Gasteiger partial charge in [0, 0.05) is 44.9 Å². The zero-order valence-electron chi connectivity index (χ0n) is 33.4. The van der Waals surface area contributed by atoms with E-state index in [0.717, 1.165) is 35.1 Å². The van der Waals surface area contributed by atoms with Crippen LogP contribution in [0.25, 0.3) is 11.1 Å². The first kappa shape index (κ1) is 50.0. The number of carbonyl (C=O) groups excluding carboxylic acids is 2. The molecule has 0 aliphatic carbocycles. The molecule has 1 heterocycles. The van der Waals surface area contributed by atoms with Gasteiger partial charge in [0.25, 0.3) is 5.91 Å². The third kappa shape index (κ3) is 15.6. The third-order valence-corrected chi connectivity index (χ3v) is 10.4. The molecule has 19 nitrogen and oxygen atoms in total. The molecule has 0 aliphatic heterocycles. The van der Waals surface area contributed by atoms with Gasteiger partial charge in [-0.1, -0.05) is 67.1 Å². The number of aliphatic hydroxyl groups excluding tert-OH is 9. The predicted molar refractivity (Wildman–Crippen MR) is 224 cm³/mol. The summed E-state index contributed by atoms with van der Waals surface area (Å²) >= 11 is 5.83. The molecule has 2 aromatic carbocycles. The minimum absolute atomic E-state index is 0.0161. The Hall–Kier alpha value is -4.38. The molecular formula is C40H59ClN8O11. The van der Waals surface area contributed by atoms with Crippen molar-refractivity contribution < 1.29 is 55.5 Å². The molecule has 0 fully saturated rings. The Balaban J connectivity index is 1.44. The second-order valence-electron chi connectivity index (χ2n) is 14.7. The highest BCUT2D eigenvalue weighted by Crippen LogP contribution is 2.22. The van der Waals surface area contributed by atoms with Crippen LogP contribution in [0.3, 0.4) is 0 Å². The number of anilines is 2. The van der Waals surface area contributed by atoms with Gasteiger partial charge in [-0.3, -0.25) is 19.9 Å². The Kier molecular flexibility index (Phi) is 20.6. The van der Waals surface area contributed by atoms with E-state index in [0.29, 0.717) is 19.3 Å². The van der Waals surface area contributed by atoms with Crippen LogP contribution in [0.1, 0.15) is 54.2 Å². The Morgan fingerprint density at radius 2 is 1.27 bits per heavy atom. The monoisotopic (exact) mass is 862 g/mol. The molecule has 332 valence electrons. The van der Waals surface area contributed by atoms with E-state index in [1.807, 2.05) is 48.5 Å². The van der Waals surface area contributed by atoms with Crippen LogP contribution in [0.5, 0.6) is 0 Å². The molecule has 0 spiro atoms. The standard InChI is InChI=1S/C40H59ClN8O11/c1-22(29(54)20-50)34(57)27(52)18-49(19-28(53)35(58)36(59)30(55)21-51)17-16-45-32(56)15-10-24-8-13-26(14-9-24)25-11-6-23(7-12-25)4-2-3-5-31(42)46-40(60)33-38(43)48-39(44)37(41)47-33/h6-9,11-14,22,27-30,34-36,50-55,57-59H,2-5,10,15-21H2,1H3,(H,45,56)(H2,42,46,60)(H4,43,44,48)/t22-,27+,28+,29-,30-,34+,35-,36-/m1/s1. The lowest BCUT2D eigenvalue weighted by atomic mass is 9.94. The quantitative estimate of drug-likeness (QED) is 0.0264. The third-order valence-electron chi connectivity index (χ3n) is 10.1. The van der Waals surface area contributed by atoms with Crippen LogP contribution in [-0.2, 0) is 17.6 Å². The largest absolute Gasteiger partial charge is 0.394 e. The first-order valence-electron chi connectivity index (χ1n) is 19.6. The van der Waals surface area contributed by atoms with Gasteiger partial charge in [0.1, 0.15) is 24.1 Å². The number of aryl methyl sites for hydroxylation is 2. The van der Waals surface area contributed by atoms with Crippen LogP contribution in [0.15, 0.2) is 48.5 Å². The molecule has 0 aliphatic rings. The topological polar surface area (TPSA) is 345 Å². The number of benzene rings is 2. The van der Waals surface area contributed by atoms with Gasteiger partial charge in [-0.2, -0.15) is 0 Å². The highest BCUT2D eigenvalue weighted by molar-refractivity contribution is 6.31. The van der Waals surface area contributed by atoms with Gasteiger partial charge in [0.2, 0.25) is 5.91 Å². The van der Waals surface area contributed by atoms with Gasteiger partial charge >= 0.3 is 0 Å². The molecule has 0 saturated heterocycles. The number of hydrogen-bond acceptors (Lipinski definition) is 17. The molecule has 2 amide bonds. The van der Waals surface area contributed by atoms with E-state index in [2.05, 4.69) is 20.6 Å². The summed E-state index contributed by atoms with van der Waals surface area (Å²) in [5.74, 6) is -2.13. The van der Waals surface area contributed by atoms with Crippen molar-refractivity contribution >= 4 is 40.9 Å². The van der Waals surface area contributed by atoms with Gasteiger partial charge in [-0.25, -0.2) is 9.97 Å². The Labute approximate surface area is 353 Å². The van der Waals surface area contributed by atoms with Gasteiger partial charge in [0.15, 0.2) is 22.5 Å². The van der Waals surface area contributed by atoms with Gasteiger partial charge in [-0.15, -0.1) is 0 Å². The summed E-state index contributed by atoms with van der Waals surface area (Å²) in [7, 11) is 0. The number of nitrogens with one attached hydrogen (secondary N) is 3. The van der Waals surface area contributed by atoms with E-state index < -0.39 is 67.8 Å². The molecule has 1 aromatic heterocycles. The molecule has 8 atom stereocenters. The Bertz CT molecular complexity index is 1780. The van der Waals surface area contributed by atoms with Crippen molar-refractivity contribution in [3.8, 4) is 11.1 Å². The normalized spacial score (nSPS) is 15.7. The van der Waals surface area contributed by atoms with Crippen molar-refractivity contribution in [2.45, 2.75) is 88.2 Å². The number of hydrogen-bond donors (Lipinski definition) is 14. The lowest BCUT2D eigenvalue weighted by Gasteiger charge is -2.34. The zero-order chi connectivity index (χ0) is 44.5. The number of nitrogen functional groups attached to an aromatic ring is 2. The number of rotatable bonds is 25. The average molecular weight is 863 g/mol.